The van der Waals surface area contributed by atoms with E-state index in [0.29, 0.717) is 30.5 Å². The largest absolute Gasteiger partial charge is 0.478 e. The lowest BCUT2D eigenvalue weighted by Crippen LogP contribution is -2.08. The highest BCUT2D eigenvalue weighted by molar-refractivity contribution is 6.33. The van der Waals surface area contributed by atoms with Gasteiger partial charge in [-0.1, -0.05) is 16.8 Å². The van der Waals surface area contributed by atoms with Gasteiger partial charge in [0.15, 0.2) is 5.82 Å². The number of halogens is 1. The molecule has 2 rings (SSSR count). The molecule has 2 aromatic heterocycles. The first-order valence-corrected chi connectivity index (χ1v) is 5.86. The Labute approximate surface area is 113 Å². The van der Waals surface area contributed by atoms with E-state index in [1.807, 2.05) is 0 Å². The number of anilines is 1. The number of aromatic nitrogens is 3. The van der Waals surface area contributed by atoms with Gasteiger partial charge in [-0.05, 0) is 13.0 Å². The molecule has 0 amide bonds. The van der Waals surface area contributed by atoms with Gasteiger partial charge in [-0.3, -0.25) is 0 Å². The molecule has 19 heavy (non-hydrogen) atoms. The molecule has 0 aromatic carbocycles. The third-order valence-electron chi connectivity index (χ3n) is 2.30. The summed E-state index contributed by atoms with van der Waals surface area (Å²) < 4.78 is 4.95. The van der Waals surface area contributed by atoms with Crippen LogP contribution in [0.25, 0.3) is 0 Å². The average molecular weight is 283 g/mol. The molecule has 2 aromatic rings. The Balaban J connectivity index is 1.96. The number of hydrogen-bond donors (Lipinski definition) is 2. The van der Waals surface area contributed by atoms with Crippen molar-refractivity contribution in [2.75, 3.05) is 11.9 Å². The van der Waals surface area contributed by atoms with Crippen molar-refractivity contribution in [2.24, 2.45) is 0 Å². The van der Waals surface area contributed by atoms with E-state index >= 15 is 0 Å². The highest BCUT2D eigenvalue weighted by atomic mass is 35.5. The highest BCUT2D eigenvalue weighted by Gasteiger charge is 2.10. The molecular weight excluding hydrogens is 272 g/mol. The molecule has 7 nitrogen and oxygen atoms in total. The van der Waals surface area contributed by atoms with Crippen molar-refractivity contribution in [3.05, 3.63) is 34.6 Å². The Morgan fingerprint density at radius 3 is 3.00 bits per heavy atom. The molecule has 0 spiro atoms. The van der Waals surface area contributed by atoms with E-state index in [0.717, 1.165) is 0 Å². The Kier molecular flexibility index (Phi) is 3.96. The summed E-state index contributed by atoms with van der Waals surface area (Å²) in [4.78, 5) is 18.9. The maximum absolute atomic E-state index is 10.9. The molecule has 0 aliphatic rings. The standard InChI is InChI=1S/C11H11ClN4O3/c1-6-15-10(19-16-6)2-3-13-9-4-7(11(17)18)8(12)5-14-9/h4-5H,2-3H2,1H3,(H,13,14)(H,17,18). The van der Waals surface area contributed by atoms with E-state index in [4.69, 9.17) is 21.2 Å². The first-order valence-electron chi connectivity index (χ1n) is 5.48. The van der Waals surface area contributed by atoms with Crippen molar-refractivity contribution >= 4 is 23.4 Å². The number of aryl methyl sites for hydroxylation is 1. The summed E-state index contributed by atoms with van der Waals surface area (Å²) in [5.41, 5.74) is 0.00722. The first kappa shape index (κ1) is 13.3. The van der Waals surface area contributed by atoms with Crippen molar-refractivity contribution in [3.8, 4) is 0 Å². The highest BCUT2D eigenvalue weighted by Crippen LogP contribution is 2.17. The van der Waals surface area contributed by atoms with Gasteiger partial charge in [0.25, 0.3) is 0 Å². The van der Waals surface area contributed by atoms with Crippen LogP contribution in [0.5, 0.6) is 0 Å². The quantitative estimate of drug-likeness (QED) is 0.862. The smallest absolute Gasteiger partial charge is 0.337 e. The number of nitrogens with one attached hydrogen (secondary N) is 1. The minimum absolute atomic E-state index is 0.00722. The lowest BCUT2D eigenvalue weighted by molar-refractivity contribution is 0.0697. The van der Waals surface area contributed by atoms with Crippen LogP contribution in [0.2, 0.25) is 5.02 Å². The van der Waals surface area contributed by atoms with Gasteiger partial charge < -0.3 is 14.9 Å². The van der Waals surface area contributed by atoms with E-state index in [2.05, 4.69) is 20.4 Å². The lowest BCUT2D eigenvalue weighted by Gasteiger charge is -2.05. The molecular formula is C11H11ClN4O3. The maximum Gasteiger partial charge on any atom is 0.337 e. The van der Waals surface area contributed by atoms with E-state index < -0.39 is 5.97 Å². The second-order valence-corrected chi connectivity index (χ2v) is 4.17. The number of carbonyl (C=O) groups is 1. The zero-order valence-electron chi connectivity index (χ0n) is 10.1. The van der Waals surface area contributed by atoms with Gasteiger partial charge in [-0.25, -0.2) is 9.78 Å². The van der Waals surface area contributed by atoms with E-state index in [1.165, 1.54) is 12.3 Å². The van der Waals surface area contributed by atoms with Crippen molar-refractivity contribution in [1.29, 1.82) is 0 Å². The summed E-state index contributed by atoms with van der Waals surface area (Å²) in [7, 11) is 0. The number of carboxylic acids is 1. The Bertz CT molecular complexity index is 599. The second-order valence-electron chi connectivity index (χ2n) is 3.77. The Hall–Kier alpha value is -2.15. The summed E-state index contributed by atoms with van der Waals surface area (Å²) in [5.74, 6) is 0.422. The van der Waals surface area contributed by atoms with Gasteiger partial charge in [0, 0.05) is 19.2 Å². The van der Waals surface area contributed by atoms with Crippen molar-refractivity contribution in [2.45, 2.75) is 13.3 Å². The molecule has 0 radical (unpaired) electrons. The number of rotatable bonds is 5. The molecule has 0 aliphatic heterocycles. The molecule has 0 atom stereocenters. The van der Waals surface area contributed by atoms with Crippen LogP contribution in [-0.2, 0) is 6.42 Å². The molecule has 0 unspecified atom stereocenters. The van der Waals surface area contributed by atoms with Crippen LogP contribution in [0.15, 0.2) is 16.8 Å². The van der Waals surface area contributed by atoms with Crippen LogP contribution < -0.4 is 5.32 Å². The van der Waals surface area contributed by atoms with Crippen LogP contribution >= 0.6 is 11.6 Å². The number of pyridine rings is 1. The molecule has 2 heterocycles. The monoisotopic (exact) mass is 282 g/mol. The summed E-state index contributed by atoms with van der Waals surface area (Å²) >= 11 is 5.72. The molecule has 2 N–H and O–H groups in total. The third kappa shape index (κ3) is 3.41. The van der Waals surface area contributed by atoms with Gasteiger partial charge in [-0.15, -0.1) is 0 Å². The number of nitrogens with zero attached hydrogens (tertiary/aromatic N) is 3. The predicted octanol–water partition coefficient (Wildman–Crippen LogP) is 1.78. The second kappa shape index (κ2) is 5.66. The minimum Gasteiger partial charge on any atom is -0.478 e. The molecule has 0 fully saturated rings. The van der Waals surface area contributed by atoms with E-state index in [-0.39, 0.29) is 10.6 Å². The minimum atomic E-state index is -1.09. The van der Waals surface area contributed by atoms with Gasteiger partial charge in [0.1, 0.15) is 5.82 Å². The molecule has 0 bridgehead atoms. The Morgan fingerprint density at radius 2 is 2.37 bits per heavy atom. The average Bonchev–Trinajstić information content (AvgIpc) is 2.77. The van der Waals surface area contributed by atoms with Crippen LogP contribution in [0.3, 0.4) is 0 Å². The number of hydrogen-bond acceptors (Lipinski definition) is 6. The predicted molar refractivity (Wildman–Crippen MR) is 67.4 cm³/mol. The van der Waals surface area contributed by atoms with Crippen LogP contribution in [0.1, 0.15) is 22.1 Å². The summed E-state index contributed by atoms with van der Waals surface area (Å²) in [6, 6.07) is 1.38. The SMILES string of the molecule is Cc1noc(CCNc2cc(C(=O)O)c(Cl)cn2)n1. The first-order chi connectivity index (χ1) is 9.06. The molecule has 0 saturated heterocycles. The van der Waals surface area contributed by atoms with Gasteiger partial charge in [-0.2, -0.15) is 4.98 Å². The zero-order chi connectivity index (χ0) is 13.8. The van der Waals surface area contributed by atoms with Gasteiger partial charge in [0.2, 0.25) is 5.89 Å². The molecule has 0 aliphatic carbocycles. The fraction of sp³-hybridized carbons (Fsp3) is 0.273. The molecule has 100 valence electrons. The third-order valence-corrected chi connectivity index (χ3v) is 2.60. The zero-order valence-corrected chi connectivity index (χ0v) is 10.8. The van der Waals surface area contributed by atoms with E-state index in [9.17, 15) is 4.79 Å². The maximum atomic E-state index is 10.9. The fourth-order valence-electron chi connectivity index (χ4n) is 1.44. The van der Waals surface area contributed by atoms with Crippen molar-refractivity contribution in [1.82, 2.24) is 15.1 Å². The van der Waals surface area contributed by atoms with Crippen molar-refractivity contribution in [3.63, 3.8) is 0 Å². The number of aromatic carboxylic acids is 1. The summed E-state index contributed by atoms with van der Waals surface area (Å²) in [6.45, 7) is 2.23. The van der Waals surface area contributed by atoms with Gasteiger partial charge >= 0.3 is 5.97 Å². The summed E-state index contributed by atoms with van der Waals surface area (Å²) in [5, 5.41) is 15.7. The normalized spacial score (nSPS) is 10.4. The Morgan fingerprint density at radius 1 is 1.58 bits per heavy atom. The topological polar surface area (TPSA) is 101 Å². The van der Waals surface area contributed by atoms with Gasteiger partial charge in [0.05, 0.1) is 10.6 Å². The van der Waals surface area contributed by atoms with Crippen LogP contribution in [0, 0.1) is 6.92 Å². The lowest BCUT2D eigenvalue weighted by atomic mass is 10.2. The van der Waals surface area contributed by atoms with Crippen molar-refractivity contribution < 1.29 is 14.4 Å². The molecule has 0 saturated carbocycles. The fourth-order valence-corrected chi connectivity index (χ4v) is 1.62. The van der Waals surface area contributed by atoms with E-state index in [1.54, 1.807) is 6.92 Å². The molecule has 8 heteroatoms. The number of carboxylic acid groups (broad SMARTS) is 1. The van der Waals surface area contributed by atoms with Crippen LogP contribution in [0.4, 0.5) is 5.82 Å². The summed E-state index contributed by atoms with van der Waals surface area (Å²) in [6.07, 6.45) is 1.82. The van der Waals surface area contributed by atoms with Crippen LogP contribution in [-0.4, -0.2) is 32.7 Å².